The van der Waals surface area contributed by atoms with Crippen molar-refractivity contribution in [1.29, 1.82) is 0 Å². The fourth-order valence-corrected chi connectivity index (χ4v) is 6.34. The third-order valence-electron chi connectivity index (χ3n) is 3.41. The lowest BCUT2D eigenvalue weighted by Crippen LogP contribution is -2.56. The van der Waals surface area contributed by atoms with Crippen molar-refractivity contribution in [3.05, 3.63) is 28.0 Å². The first-order chi connectivity index (χ1) is 11.4. The molecule has 1 aliphatic rings. The van der Waals surface area contributed by atoms with Crippen LogP contribution in [-0.2, 0) is 9.84 Å². The maximum absolute atomic E-state index is 13.8. The number of alkyl halides is 8. The Morgan fingerprint density at radius 1 is 1.19 bits per heavy atom. The van der Waals surface area contributed by atoms with Crippen LogP contribution in [-0.4, -0.2) is 41.1 Å². The number of sulfone groups is 1. The quantitative estimate of drug-likeness (QED) is 0.304. The predicted octanol–water partition coefficient (Wildman–Crippen LogP) is 5.85. The Balaban J connectivity index is 3.53. The van der Waals surface area contributed by atoms with Crippen molar-refractivity contribution in [2.45, 2.75) is 40.8 Å². The van der Waals surface area contributed by atoms with Crippen molar-refractivity contribution >= 4 is 53.5 Å². The molecule has 2 nitrogen and oxygen atoms in total. The van der Waals surface area contributed by atoms with Crippen molar-refractivity contribution < 1.29 is 39.2 Å². The molecular formula is C13H12Br2F7O2S2. The third kappa shape index (κ3) is 4.14. The minimum Gasteiger partial charge on any atom is -0.217 e. The van der Waals surface area contributed by atoms with Gasteiger partial charge in [0, 0.05) is 16.2 Å². The second-order valence-corrected chi connectivity index (χ2v) is 11.1. The zero-order valence-electron chi connectivity index (χ0n) is 13.1. The lowest BCUT2D eigenvalue weighted by atomic mass is 9.97. The first-order valence-corrected chi connectivity index (χ1v) is 10.9. The molecule has 0 heterocycles. The van der Waals surface area contributed by atoms with Gasteiger partial charge >= 0.3 is 17.4 Å². The summed E-state index contributed by atoms with van der Waals surface area (Å²) in [5.41, 5.74) is 0. The molecule has 0 amide bonds. The number of hydrogen-bond acceptors (Lipinski definition) is 3. The molecule has 0 saturated heterocycles. The van der Waals surface area contributed by atoms with E-state index in [1.165, 1.54) is 18.2 Å². The molecule has 0 aromatic carbocycles. The molecule has 0 fully saturated rings. The third-order valence-corrected chi connectivity index (χ3v) is 8.33. The van der Waals surface area contributed by atoms with Gasteiger partial charge in [-0.25, -0.2) is 8.42 Å². The Bertz CT molecular complexity index is 716. The second kappa shape index (κ2) is 7.58. The van der Waals surface area contributed by atoms with Gasteiger partial charge in [-0.1, -0.05) is 45.7 Å². The highest BCUT2D eigenvalue weighted by atomic mass is 79.9. The van der Waals surface area contributed by atoms with E-state index in [0.29, 0.717) is 17.9 Å². The van der Waals surface area contributed by atoms with E-state index < -0.39 is 41.7 Å². The Kier molecular flexibility index (Phi) is 7.08. The van der Waals surface area contributed by atoms with Crippen molar-refractivity contribution in [3.63, 3.8) is 0 Å². The van der Waals surface area contributed by atoms with Crippen LogP contribution in [0.25, 0.3) is 0 Å². The molecule has 0 bridgehead atoms. The number of allylic oxidation sites excluding steroid dienone is 3. The van der Waals surface area contributed by atoms with E-state index >= 15 is 0 Å². The van der Waals surface area contributed by atoms with Crippen molar-refractivity contribution in [1.82, 2.24) is 0 Å². The van der Waals surface area contributed by atoms with Crippen LogP contribution >= 0.6 is 43.6 Å². The molecule has 0 aromatic heterocycles. The van der Waals surface area contributed by atoms with Crippen LogP contribution in [0.4, 0.5) is 30.7 Å². The lowest BCUT2D eigenvalue weighted by Gasteiger charge is -2.34. The summed E-state index contributed by atoms with van der Waals surface area (Å²) in [5, 5.41) is -6.84. The van der Waals surface area contributed by atoms with Gasteiger partial charge in [0.2, 0.25) is 9.84 Å². The Labute approximate surface area is 166 Å². The summed E-state index contributed by atoms with van der Waals surface area (Å²) in [6.07, 6.45) is -4.11. The summed E-state index contributed by atoms with van der Waals surface area (Å²) < 4.78 is 114. The lowest BCUT2D eigenvalue weighted by molar-refractivity contribution is -0.331. The van der Waals surface area contributed by atoms with Gasteiger partial charge in [0.25, 0.3) is 0 Å². The Morgan fingerprint density at radius 2 is 1.69 bits per heavy atom. The summed E-state index contributed by atoms with van der Waals surface area (Å²) in [7, 11) is -6.36. The fourth-order valence-electron chi connectivity index (χ4n) is 1.94. The van der Waals surface area contributed by atoms with E-state index in [1.54, 1.807) is 13.8 Å². The van der Waals surface area contributed by atoms with E-state index in [1.807, 2.05) is 0 Å². The smallest absolute Gasteiger partial charge is 0.217 e. The minimum atomic E-state index is -6.76. The van der Waals surface area contributed by atoms with Crippen LogP contribution in [0.1, 0.15) is 13.8 Å². The summed E-state index contributed by atoms with van der Waals surface area (Å²) in [5.74, 6) is -6.21. The summed E-state index contributed by atoms with van der Waals surface area (Å²) >= 11 is 7.32. The highest BCUT2D eigenvalue weighted by Crippen LogP contribution is 2.52. The molecule has 1 rings (SSSR count). The summed E-state index contributed by atoms with van der Waals surface area (Å²) in [4.78, 5) is -1.35. The maximum Gasteiger partial charge on any atom is 0.461 e. The van der Waals surface area contributed by atoms with Gasteiger partial charge in [0.15, 0.2) is 0 Å². The van der Waals surface area contributed by atoms with Crippen LogP contribution in [0, 0.1) is 6.42 Å². The van der Waals surface area contributed by atoms with Crippen LogP contribution in [0.3, 0.4) is 0 Å². The Hall–Kier alpha value is 0.250. The van der Waals surface area contributed by atoms with E-state index in [2.05, 4.69) is 31.9 Å². The van der Waals surface area contributed by atoms with E-state index in [-0.39, 0.29) is 4.48 Å². The van der Waals surface area contributed by atoms with Crippen molar-refractivity contribution in [3.8, 4) is 0 Å². The topological polar surface area (TPSA) is 34.1 Å². The minimum absolute atomic E-state index is 0.0647. The van der Waals surface area contributed by atoms with Gasteiger partial charge in [0.05, 0.1) is 9.23 Å². The number of hydrogen-bond donors (Lipinski definition) is 0. The normalized spacial score (nSPS) is 24.1. The molecule has 0 spiro atoms. The van der Waals surface area contributed by atoms with Crippen molar-refractivity contribution in [2.75, 3.05) is 5.75 Å². The van der Waals surface area contributed by atoms with E-state index in [4.69, 9.17) is 0 Å². The molecule has 1 radical (unpaired) electrons. The zero-order chi connectivity index (χ0) is 20.8. The molecule has 0 aliphatic heterocycles. The largest absolute Gasteiger partial charge is 0.461 e. The molecule has 0 N–H and O–H groups in total. The van der Waals surface area contributed by atoms with Crippen molar-refractivity contribution in [2.24, 2.45) is 0 Å². The number of rotatable bonds is 6. The van der Waals surface area contributed by atoms with Gasteiger partial charge in [-0.2, -0.15) is 42.5 Å². The number of halogens is 9. The average Bonchev–Trinajstić information content (AvgIpc) is 2.44. The van der Waals surface area contributed by atoms with Crippen LogP contribution < -0.4 is 0 Å². The highest BCUT2D eigenvalue weighted by molar-refractivity contribution is 9.12. The monoisotopic (exact) mass is 555 g/mol. The molecule has 0 saturated carbocycles. The first-order valence-electron chi connectivity index (χ1n) is 6.77. The predicted molar refractivity (Wildman–Crippen MR) is 93.5 cm³/mol. The second-order valence-electron chi connectivity index (χ2n) is 5.24. The van der Waals surface area contributed by atoms with Gasteiger partial charge in [-0.05, 0) is 17.9 Å². The maximum atomic E-state index is 13.8. The summed E-state index contributed by atoms with van der Waals surface area (Å²) in [6, 6.07) is 0. The van der Waals surface area contributed by atoms with Crippen LogP contribution in [0.2, 0.25) is 0 Å². The average molecular weight is 557 g/mol. The Morgan fingerprint density at radius 3 is 2.12 bits per heavy atom. The van der Waals surface area contributed by atoms with Crippen LogP contribution in [0.5, 0.6) is 0 Å². The molecule has 0 aromatic rings. The van der Waals surface area contributed by atoms with Gasteiger partial charge < -0.3 is 0 Å². The van der Waals surface area contributed by atoms with Gasteiger partial charge in [-0.15, -0.1) is 0 Å². The first kappa shape index (κ1) is 24.3. The van der Waals surface area contributed by atoms with Gasteiger partial charge in [0.1, 0.15) is 0 Å². The van der Waals surface area contributed by atoms with E-state index in [9.17, 15) is 39.2 Å². The summed E-state index contributed by atoms with van der Waals surface area (Å²) in [6.45, 7) is 3.37. The molecule has 26 heavy (non-hydrogen) atoms. The molecule has 2 unspecified atom stereocenters. The number of thioether (sulfide) groups is 1. The van der Waals surface area contributed by atoms with E-state index in [0.717, 1.165) is 0 Å². The SMILES string of the molecule is CCSC(C)C1(Br)[CH]C(Br)=CC(S(=O)(=O)C(F)(F)C(F)(F)C(F)(F)F)=C1. The zero-order valence-corrected chi connectivity index (χ0v) is 17.9. The molecule has 2 atom stereocenters. The van der Waals surface area contributed by atoms with Gasteiger partial charge in [-0.3, -0.25) is 0 Å². The fraction of sp³-hybridized carbons (Fsp3) is 0.615. The molecule has 151 valence electrons. The standard InChI is InChI=1S/C13H12Br2F7O2S2/c1-3-25-7(2)10(15)5-8(14)4-9(6-10)26(23,24)13(21,22)11(16,17)12(18,19)20/h4-7H,3H2,1-2H3. The van der Waals surface area contributed by atoms with Crippen LogP contribution in [0.15, 0.2) is 21.5 Å². The molecule has 1 aliphatic carbocycles. The molecule has 13 heteroatoms. The molecular weight excluding hydrogens is 545 g/mol. The highest BCUT2D eigenvalue weighted by Gasteiger charge is 2.79.